The molecule has 1 aromatic heterocycles. The summed E-state index contributed by atoms with van der Waals surface area (Å²) in [6.45, 7) is 8.37. The highest BCUT2D eigenvalue weighted by atomic mass is 32.1. The number of anilines is 1. The summed E-state index contributed by atoms with van der Waals surface area (Å²) in [5.74, 6) is 0.0495. The van der Waals surface area contributed by atoms with E-state index in [1.807, 2.05) is 4.68 Å². The maximum atomic E-state index is 12.0. The Morgan fingerprint density at radius 2 is 2.04 bits per heavy atom. The lowest BCUT2D eigenvalue weighted by atomic mass is 10.1. The average molecular weight is 391 g/mol. The van der Waals surface area contributed by atoms with Crippen LogP contribution in [0.5, 0.6) is 0 Å². The minimum Gasteiger partial charge on any atom is -0.284 e. The number of amides is 1. The summed E-state index contributed by atoms with van der Waals surface area (Å²) in [6.07, 6.45) is 3.18. The number of carbonyl (C=O) groups is 1. The third-order valence-corrected chi connectivity index (χ3v) is 5.76. The molecule has 26 heavy (non-hydrogen) atoms. The minimum atomic E-state index is 0.0495. The van der Waals surface area contributed by atoms with Crippen LogP contribution in [0.1, 0.15) is 44.2 Å². The van der Waals surface area contributed by atoms with Gasteiger partial charge in [0.05, 0.1) is 6.67 Å². The van der Waals surface area contributed by atoms with Crippen LogP contribution in [0.3, 0.4) is 0 Å². The molecule has 5 nitrogen and oxygen atoms in total. The molecule has 140 valence electrons. The van der Waals surface area contributed by atoms with E-state index in [9.17, 15) is 4.79 Å². The van der Waals surface area contributed by atoms with Gasteiger partial charge in [-0.25, -0.2) is 4.68 Å². The van der Waals surface area contributed by atoms with Gasteiger partial charge < -0.3 is 0 Å². The molecular weight excluding hydrogens is 364 g/mol. The first-order valence-corrected chi connectivity index (χ1v) is 10.4. The smallest absolute Gasteiger partial charge is 0.225 e. The summed E-state index contributed by atoms with van der Waals surface area (Å²) in [6, 6.07) is 8.95. The van der Waals surface area contributed by atoms with Crippen molar-refractivity contribution in [2.75, 3.05) is 11.4 Å². The molecule has 0 radical (unpaired) electrons. The van der Waals surface area contributed by atoms with Crippen molar-refractivity contribution in [1.29, 1.82) is 0 Å². The predicted octanol–water partition coefficient (Wildman–Crippen LogP) is 4.37. The normalized spacial score (nSPS) is 14.0. The first kappa shape index (κ1) is 19.2. The molecule has 1 amide bonds. The SMILES string of the molecule is CCCN(Cc1ccc(C)cc1)Cn1nc(N(C(C)=O)C2CC2)sc1=S. The second kappa shape index (κ2) is 8.41. The van der Waals surface area contributed by atoms with Crippen molar-refractivity contribution in [3.63, 3.8) is 0 Å². The molecular formula is C19H26N4OS2. The van der Waals surface area contributed by atoms with E-state index in [1.54, 1.807) is 11.8 Å². The van der Waals surface area contributed by atoms with Gasteiger partial charge in [-0.05, 0) is 50.5 Å². The molecule has 0 aliphatic heterocycles. The number of nitrogens with zero attached hydrogens (tertiary/aromatic N) is 4. The van der Waals surface area contributed by atoms with E-state index in [2.05, 4.69) is 48.1 Å². The Labute approximate surface area is 164 Å². The predicted molar refractivity (Wildman–Crippen MR) is 109 cm³/mol. The highest BCUT2D eigenvalue weighted by Crippen LogP contribution is 2.33. The molecule has 1 aliphatic rings. The van der Waals surface area contributed by atoms with Gasteiger partial charge in [0.15, 0.2) is 3.95 Å². The van der Waals surface area contributed by atoms with E-state index in [0.29, 0.717) is 12.7 Å². The molecule has 7 heteroatoms. The molecule has 2 aromatic rings. The summed E-state index contributed by atoms with van der Waals surface area (Å²) >= 11 is 6.96. The van der Waals surface area contributed by atoms with Gasteiger partial charge in [-0.2, -0.15) is 0 Å². The zero-order valence-corrected chi connectivity index (χ0v) is 17.3. The maximum Gasteiger partial charge on any atom is 0.225 e. The van der Waals surface area contributed by atoms with Gasteiger partial charge in [-0.1, -0.05) is 48.1 Å². The topological polar surface area (TPSA) is 41.4 Å². The van der Waals surface area contributed by atoms with E-state index in [4.69, 9.17) is 12.2 Å². The first-order chi connectivity index (χ1) is 12.5. The first-order valence-electron chi connectivity index (χ1n) is 9.13. The van der Waals surface area contributed by atoms with Crippen LogP contribution in [0, 0.1) is 10.9 Å². The third kappa shape index (κ3) is 4.78. The average Bonchev–Trinajstić information content (AvgIpc) is 3.34. The summed E-state index contributed by atoms with van der Waals surface area (Å²) in [7, 11) is 0. The number of aromatic nitrogens is 2. The summed E-state index contributed by atoms with van der Waals surface area (Å²) in [5.41, 5.74) is 2.56. The Morgan fingerprint density at radius 1 is 1.35 bits per heavy atom. The van der Waals surface area contributed by atoms with Crippen LogP contribution in [-0.4, -0.2) is 33.2 Å². The van der Waals surface area contributed by atoms with Crippen LogP contribution in [0.15, 0.2) is 24.3 Å². The Morgan fingerprint density at radius 3 is 2.62 bits per heavy atom. The van der Waals surface area contributed by atoms with Crippen molar-refractivity contribution >= 4 is 34.6 Å². The number of rotatable bonds is 8. The van der Waals surface area contributed by atoms with E-state index in [-0.39, 0.29) is 5.91 Å². The quantitative estimate of drug-likeness (QED) is 0.628. The van der Waals surface area contributed by atoms with Crippen LogP contribution < -0.4 is 4.90 Å². The molecule has 1 saturated carbocycles. The van der Waals surface area contributed by atoms with E-state index in [1.165, 1.54) is 22.5 Å². The van der Waals surface area contributed by atoms with Crippen LogP contribution >= 0.6 is 23.6 Å². The molecule has 1 aromatic carbocycles. The van der Waals surface area contributed by atoms with Crippen LogP contribution in [0.25, 0.3) is 0 Å². The Hall–Kier alpha value is -1.57. The fourth-order valence-electron chi connectivity index (χ4n) is 3.02. The van der Waals surface area contributed by atoms with Gasteiger partial charge in [0.25, 0.3) is 0 Å². The van der Waals surface area contributed by atoms with Crippen molar-refractivity contribution in [3.8, 4) is 0 Å². The molecule has 1 fully saturated rings. The molecule has 0 saturated heterocycles. The van der Waals surface area contributed by atoms with Gasteiger partial charge in [-0.3, -0.25) is 14.6 Å². The van der Waals surface area contributed by atoms with E-state index >= 15 is 0 Å². The van der Waals surface area contributed by atoms with Gasteiger partial charge >= 0.3 is 0 Å². The maximum absolute atomic E-state index is 12.0. The summed E-state index contributed by atoms with van der Waals surface area (Å²) in [4.78, 5) is 16.1. The van der Waals surface area contributed by atoms with Crippen LogP contribution in [0.2, 0.25) is 0 Å². The standard InChI is InChI=1S/C19H26N4OS2/c1-4-11-21(12-16-7-5-14(2)6-8-16)13-22-19(25)26-18(20-22)23(15(3)24)17-9-10-17/h5-8,17H,4,9-13H2,1-3H3. The summed E-state index contributed by atoms with van der Waals surface area (Å²) in [5, 5.41) is 5.40. The Balaban J connectivity index is 1.75. The lowest BCUT2D eigenvalue weighted by molar-refractivity contribution is -0.116. The second-order valence-corrected chi connectivity index (χ2v) is 8.55. The largest absolute Gasteiger partial charge is 0.284 e. The molecule has 1 aliphatic carbocycles. The molecule has 0 spiro atoms. The van der Waals surface area contributed by atoms with E-state index < -0.39 is 0 Å². The lowest BCUT2D eigenvalue weighted by Gasteiger charge is -2.22. The fraction of sp³-hybridized carbons (Fsp3) is 0.526. The van der Waals surface area contributed by atoms with Gasteiger partial charge in [0, 0.05) is 19.5 Å². The van der Waals surface area contributed by atoms with Gasteiger partial charge in [-0.15, -0.1) is 5.10 Å². The summed E-state index contributed by atoms with van der Waals surface area (Å²) < 4.78 is 2.58. The number of benzene rings is 1. The van der Waals surface area contributed by atoms with Crippen molar-refractivity contribution < 1.29 is 4.79 Å². The zero-order valence-electron chi connectivity index (χ0n) is 15.6. The molecule has 0 bridgehead atoms. The second-order valence-electron chi connectivity index (χ2n) is 6.95. The minimum absolute atomic E-state index is 0.0495. The number of hydrogen-bond acceptors (Lipinski definition) is 5. The molecule has 0 N–H and O–H groups in total. The number of carbonyl (C=O) groups excluding carboxylic acids is 1. The van der Waals surface area contributed by atoms with Crippen molar-refractivity contribution in [2.45, 2.75) is 59.3 Å². The fourth-order valence-corrected chi connectivity index (χ4v) is 4.22. The van der Waals surface area contributed by atoms with Gasteiger partial charge in [0.1, 0.15) is 0 Å². The molecule has 0 atom stereocenters. The van der Waals surface area contributed by atoms with Crippen molar-refractivity contribution in [1.82, 2.24) is 14.7 Å². The Kier molecular flexibility index (Phi) is 6.21. The molecule has 1 heterocycles. The monoisotopic (exact) mass is 390 g/mol. The molecule has 3 rings (SSSR count). The number of hydrogen-bond donors (Lipinski definition) is 0. The van der Waals surface area contributed by atoms with Crippen molar-refractivity contribution in [3.05, 3.63) is 39.3 Å². The van der Waals surface area contributed by atoms with Crippen LogP contribution in [0.4, 0.5) is 5.13 Å². The van der Waals surface area contributed by atoms with Crippen molar-refractivity contribution in [2.24, 2.45) is 0 Å². The lowest BCUT2D eigenvalue weighted by Crippen LogP contribution is -2.31. The highest BCUT2D eigenvalue weighted by Gasteiger charge is 2.34. The van der Waals surface area contributed by atoms with Gasteiger partial charge in [0.2, 0.25) is 11.0 Å². The van der Waals surface area contributed by atoms with E-state index in [0.717, 1.165) is 41.4 Å². The van der Waals surface area contributed by atoms with Crippen LogP contribution in [-0.2, 0) is 18.0 Å². The Bertz CT molecular complexity index is 808. The highest BCUT2D eigenvalue weighted by molar-refractivity contribution is 7.73. The molecule has 0 unspecified atom stereocenters. The third-order valence-electron chi connectivity index (χ3n) is 4.45. The zero-order chi connectivity index (χ0) is 18.7. The number of aryl methyl sites for hydroxylation is 1.